The summed E-state index contributed by atoms with van der Waals surface area (Å²) in [5.41, 5.74) is 0.324. The van der Waals surface area contributed by atoms with Gasteiger partial charge in [0.05, 0.1) is 54.5 Å². The van der Waals surface area contributed by atoms with Crippen molar-refractivity contribution in [3.63, 3.8) is 0 Å². The molecule has 0 aliphatic heterocycles. The lowest BCUT2D eigenvalue weighted by Crippen LogP contribution is -2.65. The number of primary amides is 2. The SMILES string of the molecule is CC(=O)C1=C(O)[C@@]2(O)C(=O)C3=C(O)c4c(O)ccc(C(=O)CNCc5c(F)cccc5F)c4C[C@H]3C[C@H]2[C@H](N(C)C)C1=O.CCC(CC)NCC(=O)c1ccc(O)c2c1C[C@H]1C[C@H]3[C@H](N(C)C)C(=O)C(C(N)=O)=C(O)[C@@]3(O)C(=O)C1=C2O.CN(C)[C@@H]1C(=O)C(C(N)=O)=C(O)[C@@]2(O)C(=O)C3=C(O)c4c(O)ccc(C(=O)CNC5CCCC5)c4C[C@H]3C[C@@H]12. The number of hydrogen-bond donors (Lipinski definition) is 17. The lowest BCUT2D eigenvalue weighted by molar-refractivity contribution is -0.155. The molecule has 4 aromatic rings. The first kappa shape index (κ1) is 88.9. The van der Waals surface area contributed by atoms with E-state index in [1.54, 1.807) is 14.1 Å². The summed E-state index contributed by atoms with van der Waals surface area (Å²) in [5.74, 6) is -23.9. The smallest absolute Gasteiger partial charge is 0.255 e. The molecule has 121 heavy (non-hydrogen) atoms. The van der Waals surface area contributed by atoms with Crippen molar-refractivity contribution in [3.05, 3.63) is 173 Å². The van der Waals surface area contributed by atoms with Gasteiger partial charge in [-0.05, 0) is 196 Å². The minimum Gasteiger partial charge on any atom is -0.508 e. The Morgan fingerprint density at radius 2 is 0.802 bits per heavy atom. The van der Waals surface area contributed by atoms with Gasteiger partial charge in [0.1, 0.15) is 80.2 Å². The number of Topliss-reactive ketones (excluding diaryl/α,β-unsaturated/α-hetero) is 10. The number of aliphatic hydroxyl groups is 9. The maximum Gasteiger partial charge on any atom is 0.255 e. The van der Waals surface area contributed by atoms with Gasteiger partial charge < -0.3 is 88.7 Å². The Labute approximate surface area is 692 Å². The highest BCUT2D eigenvalue weighted by atomic mass is 19.1. The summed E-state index contributed by atoms with van der Waals surface area (Å²) in [6.45, 7) is 4.54. The second-order valence-corrected chi connectivity index (χ2v) is 33.4. The van der Waals surface area contributed by atoms with Gasteiger partial charge in [0, 0.05) is 75.4 Å². The Kier molecular flexibility index (Phi) is 24.7. The molecule has 14 rings (SSSR count). The van der Waals surface area contributed by atoms with Crippen LogP contribution < -0.4 is 27.4 Å². The van der Waals surface area contributed by atoms with Gasteiger partial charge >= 0.3 is 0 Å². The van der Waals surface area contributed by atoms with Crippen LogP contribution in [0, 0.1) is 47.1 Å². The predicted molar refractivity (Wildman–Crippen MR) is 428 cm³/mol. The lowest BCUT2D eigenvalue weighted by atomic mass is 9.57. The molecule has 0 heterocycles. The molecule has 0 spiro atoms. The first-order chi connectivity index (χ1) is 56.9. The average molecular weight is 1680 g/mol. The summed E-state index contributed by atoms with van der Waals surface area (Å²) in [7, 11) is 9.21. The van der Waals surface area contributed by atoms with E-state index in [-0.39, 0.29) is 156 Å². The number of rotatable bonds is 21. The van der Waals surface area contributed by atoms with Gasteiger partial charge in [-0.25, -0.2) is 8.78 Å². The molecule has 0 aromatic heterocycles. The van der Waals surface area contributed by atoms with Gasteiger partial charge in [-0.15, -0.1) is 0 Å². The topological polar surface area (TPSA) is 545 Å². The van der Waals surface area contributed by atoms with E-state index < -0.39 is 197 Å². The number of likely N-dealkylation sites (N-methyl/N-ethyl adjacent to an activating group) is 3. The molecule has 0 radical (unpaired) electrons. The molecule has 10 aliphatic rings. The van der Waals surface area contributed by atoms with Gasteiger partial charge in [0.15, 0.2) is 57.3 Å². The zero-order valence-corrected chi connectivity index (χ0v) is 67.9. The second kappa shape index (κ2) is 33.6. The number of phenols is 3. The molecule has 0 saturated heterocycles. The lowest BCUT2D eigenvalue weighted by Gasteiger charge is -2.50. The maximum atomic E-state index is 14.0. The van der Waals surface area contributed by atoms with Gasteiger partial charge in [0.25, 0.3) is 11.8 Å². The largest absolute Gasteiger partial charge is 0.508 e. The van der Waals surface area contributed by atoms with E-state index in [9.17, 15) is 128 Å². The number of nitrogens with zero attached hydrogens (tertiary/aromatic N) is 3. The Balaban J connectivity index is 0.000000166. The molecular weight excluding hydrogens is 1580 g/mol. The number of fused-ring (bicyclic) bond motifs is 9. The number of carbonyl (C=O) groups is 12. The number of carbonyl (C=O) groups excluding carboxylic acids is 12. The summed E-state index contributed by atoms with van der Waals surface area (Å²) >= 11 is 0. The number of aromatic hydroxyl groups is 3. The van der Waals surface area contributed by atoms with Gasteiger partial charge in [-0.3, -0.25) is 72.2 Å². The normalized spacial score (nSPS) is 26.8. The highest BCUT2D eigenvalue weighted by Crippen LogP contribution is 2.57. The fraction of sp³-hybridized carbons (Fsp3) is 0.448. The van der Waals surface area contributed by atoms with E-state index in [1.165, 1.54) is 79.3 Å². The highest BCUT2D eigenvalue weighted by Gasteiger charge is 2.68. The number of halogens is 2. The van der Waals surface area contributed by atoms with Crippen molar-refractivity contribution >= 4 is 86.9 Å². The van der Waals surface area contributed by atoms with Crippen molar-refractivity contribution in [3.8, 4) is 17.2 Å². The number of hydrogen-bond acceptors (Lipinski definition) is 30. The molecule has 0 unspecified atom stereocenters. The zero-order chi connectivity index (χ0) is 88.9. The summed E-state index contributed by atoms with van der Waals surface area (Å²) in [5, 5.41) is 143. The van der Waals surface area contributed by atoms with Crippen LogP contribution in [-0.4, -0.2) is 255 Å². The first-order valence-corrected chi connectivity index (χ1v) is 39.8. The van der Waals surface area contributed by atoms with Crippen molar-refractivity contribution in [2.45, 2.75) is 151 Å². The van der Waals surface area contributed by atoms with Gasteiger partial charge in [0.2, 0.25) is 17.3 Å². The van der Waals surface area contributed by atoms with Crippen molar-refractivity contribution in [2.24, 2.45) is 47.0 Å². The van der Waals surface area contributed by atoms with E-state index >= 15 is 0 Å². The van der Waals surface area contributed by atoms with Crippen LogP contribution in [0.25, 0.3) is 17.3 Å². The van der Waals surface area contributed by atoms with Crippen LogP contribution in [0.1, 0.15) is 149 Å². The van der Waals surface area contributed by atoms with Crippen molar-refractivity contribution in [1.82, 2.24) is 30.7 Å². The molecule has 0 bridgehead atoms. The van der Waals surface area contributed by atoms with Crippen LogP contribution in [0.4, 0.5) is 8.78 Å². The average Bonchev–Trinajstić information content (AvgIpc) is 0.745. The summed E-state index contributed by atoms with van der Waals surface area (Å²) in [4.78, 5) is 162. The third-order valence-electron chi connectivity index (χ3n) is 25.9. The monoisotopic (exact) mass is 1680 g/mol. The fourth-order valence-electron chi connectivity index (χ4n) is 20.1. The number of nitrogens with one attached hydrogen (secondary N) is 3. The zero-order valence-electron chi connectivity index (χ0n) is 67.9. The molecule has 2 amide bonds. The standard InChI is InChI=1S/C31H30F2N2O8.C28H33N3O8.C28H35N3O8/c1-13(36)23-28(40)26(35(2)3)18-10-14-9-16-15(22(38)12-34-11-17-19(32)5-4-6-20(17)33)7-8-21(37)25(16)27(39)24(14)30(42)31(18,43)29(23)41;1-31(2)22-16-10-12-9-15-14(18(33)11-30-13-5-3-4-6-13)7-8-17(32)20(15)23(34)19(12)25(36)28(16,39)26(37)21(24(22)35)27(29)38;1-5-13(6-2)30-11-18(33)14-7-8-17(32)20-15(14)9-12-10-16-22(31(3)4)24(35)21(27(29)38)26(37)28(16,39)25(36)19(12)23(20)34/h4-8,14,18,26,34,37,39,41,43H,9-12H2,1-3H3;7-8,12-13,16,22,30,32,34,37,39H,3-6,9-11H2,1-2H3,(H2,29,38);7-8,12-13,16,22,30,32,34,37,39H,5-6,9-11H2,1-4H3,(H2,29,38)/t14-,18-,26-,31+;2*12-,16-,22-,28-/m000/s1. The number of aliphatic hydroxyl groups excluding tert-OH is 6. The summed E-state index contributed by atoms with van der Waals surface area (Å²) < 4.78 is 28.0. The quantitative estimate of drug-likeness (QED) is 0.0415. The number of benzene rings is 4. The van der Waals surface area contributed by atoms with Crippen LogP contribution in [-0.2, 0) is 69.0 Å². The highest BCUT2D eigenvalue weighted by molar-refractivity contribution is 6.27. The summed E-state index contributed by atoms with van der Waals surface area (Å²) in [6.07, 6.45) is 5.79. The van der Waals surface area contributed by atoms with E-state index in [2.05, 4.69) is 16.0 Å². The van der Waals surface area contributed by atoms with Crippen LogP contribution in [0.2, 0.25) is 0 Å². The van der Waals surface area contributed by atoms with E-state index in [1.807, 2.05) is 13.8 Å². The van der Waals surface area contributed by atoms with E-state index in [0.717, 1.165) is 63.6 Å². The Bertz CT molecular complexity index is 5160. The Morgan fingerprint density at radius 1 is 0.479 bits per heavy atom. The molecule has 10 aliphatic carbocycles. The van der Waals surface area contributed by atoms with Gasteiger partial charge in [-0.1, -0.05) is 32.8 Å². The van der Waals surface area contributed by atoms with Crippen LogP contribution in [0.15, 0.2) is 105 Å². The molecule has 19 N–H and O–H groups in total. The molecule has 34 heteroatoms. The van der Waals surface area contributed by atoms with Crippen molar-refractivity contribution < 1.29 is 128 Å². The Hall–Kier alpha value is -11.3. The maximum absolute atomic E-state index is 14.0. The number of ketones is 10. The van der Waals surface area contributed by atoms with Crippen LogP contribution in [0.3, 0.4) is 0 Å². The third-order valence-corrected chi connectivity index (χ3v) is 25.9. The minimum absolute atomic E-state index is 0.0324. The van der Waals surface area contributed by atoms with E-state index in [0.29, 0.717) is 16.7 Å². The third kappa shape index (κ3) is 14.6. The van der Waals surface area contributed by atoms with Crippen molar-refractivity contribution in [1.29, 1.82) is 0 Å². The van der Waals surface area contributed by atoms with Crippen LogP contribution >= 0.6 is 0 Å². The number of amides is 2. The molecule has 12 atom stereocenters. The molecule has 4 aromatic carbocycles. The number of phenolic OH excluding ortho intramolecular Hbond substituents is 3. The first-order valence-electron chi connectivity index (χ1n) is 39.8. The number of nitrogens with two attached hydrogens (primary N) is 2. The molecule has 4 fully saturated rings. The molecule has 4 saturated carbocycles. The predicted octanol–water partition coefficient (Wildman–Crippen LogP) is 3.92. The molecule has 32 nitrogen and oxygen atoms in total. The van der Waals surface area contributed by atoms with E-state index in [4.69, 9.17) is 11.5 Å². The molecule has 644 valence electrons. The van der Waals surface area contributed by atoms with Crippen LogP contribution in [0.5, 0.6) is 17.2 Å². The fourth-order valence-corrected chi connectivity index (χ4v) is 20.1. The minimum atomic E-state index is -2.70. The molecular formula is C87H98F2N8O24. The Morgan fingerprint density at radius 3 is 1.12 bits per heavy atom. The van der Waals surface area contributed by atoms with Gasteiger partial charge in [-0.2, -0.15) is 0 Å². The summed E-state index contributed by atoms with van der Waals surface area (Å²) in [6, 6.07) is 8.29. The second-order valence-electron chi connectivity index (χ2n) is 33.4. The van der Waals surface area contributed by atoms with Crippen molar-refractivity contribution in [2.75, 3.05) is 61.9 Å².